The number of hydrogen-bond donors (Lipinski definition) is 0. The van der Waals surface area contributed by atoms with Crippen molar-refractivity contribution < 1.29 is 4.42 Å². The Bertz CT molecular complexity index is 3320. The molecule has 3 heterocycles. The molecule has 0 bridgehead atoms. The molecule has 0 aliphatic carbocycles. The minimum Gasteiger partial charge on any atom is -0.456 e. The number of nitrogens with zero attached hydrogens (tertiary/aromatic N) is 6. The third-order valence-electron chi connectivity index (χ3n) is 11.1. The van der Waals surface area contributed by atoms with Crippen LogP contribution in [-0.4, -0.2) is 29.9 Å². The Balaban J connectivity index is 1.000. The number of furan rings is 1. The molecule has 0 aliphatic heterocycles. The van der Waals surface area contributed by atoms with Crippen LogP contribution in [0.3, 0.4) is 0 Å². The van der Waals surface area contributed by atoms with Crippen LogP contribution in [0.15, 0.2) is 193 Å². The Morgan fingerprint density at radius 1 is 0.429 bits per heavy atom. The van der Waals surface area contributed by atoms with E-state index in [9.17, 15) is 0 Å². The lowest BCUT2D eigenvalue weighted by Gasteiger charge is -2.10. The van der Waals surface area contributed by atoms with Gasteiger partial charge in [0.25, 0.3) is 0 Å². The number of benzene rings is 7. The van der Waals surface area contributed by atoms with Crippen LogP contribution in [0.4, 0.5) is 0 Å². The summed E-state index contributed by atoms with van der Waals surface area (Å²) in [6.07, 6.45) is 6.91. The number of aryl methyl sites for hydroxylation is 2. The van der Waals surface area contributed by atoms with E-state index in [0.29, 0.717) is 41.4 Å². The highest BCUT2D eigenvalue weighted by Crippen LogP contribution is 2.36. The van der Waals surface area contributed by atoms with Gasteiger partial charge in [0.15, 0.2) is 29.1 Å². The average molecular weight is 815 g/mol. The van der Waals surface area contributed by atoms with Crippen LogP contribution in [0, 0.1) is 13.8 Å². The fraction of sp³-hybridized carbons (Fsp3) is 0.0714. The Morgan fingerprint density at radius 3 is 1.44 bits per heavy atom. The van der Waals surface area contributed by atoms with E-state index >= 15 is 0 Å². The lowest BCUT2D eigenvalue weighted by Crippen LogP contribution is -2.02. The molecule has 0 saturated carbocycles. The third kappa shape index (κ3) is 8.32. The molecule has 0 spiro atoms. The first-order chi connectivity index (χ1) is 30.9. The van der Waals surface area contributed by atoms with Gasteiger partial charge in [-0.25, -0.2) is 29.9 Å². The molecule has 10 rings (SSSR count). The Hall–Kier alpha value is -8.16. The van der Waals surface area contributed by atoms with Crippen molar-refractivity contribution in [1.29, 1.82) is 0 Å². The molecule has 10 aromatic rings. The molecule has 3 aromatic heterocycles. The lowest BCUT2D eigenvalue weighted by molar-refractivity contribution is 0.669. The molecule has 0 atom stereocenters. The van der Waals surface area contributed by atoms with Crippen molar-refractivity contribution in [3.63, 3.8) is 0 Å². The molecule has 0 fully saturated rings. The van der Waals surface area contributed by atoms with E-state index in [-0.39, 0.29) is 0 Å². The first-order valence-electron chi connectivity index (χ1n) is 21.1. The summed E-state index contributed by atoms with van der Waals surface area (Å²) in [5.41, 5.74) is 12.9. The Morgan fingerprint density at radius 2 is 0.873 bits per heavy atom. The smallest absolute Gasteiger partial charge is 0.164 e. The van der Waals surface area contributed by atoms with Crippen LogP contribution in [0.5, 0.6) is 0 Å². The summed E-state index contributed by atoms with van der Waals surface area (Å²) in [7, 11) is 0. The van der Waals surface area contributed by atoms with E-state index in [2.05, 4.69) is 141 Å². The maximum Gasteiger partial charge on any atom is 0.164 e. The van der Waals surface area contributed by atoms with Gasteiger partial charge in [0, 0.05) is 45.0 Å². The second kappa shape index (κ2) is 17.1. The summed E-state index contributed by atoms with van der Waals surface area (Å²) in [6.45, 7) is 6.19. The van der Waals surface area contributed by atoms with E-state index in [1.807, 2.05) is 67.6 Å². The van der Waals surface area contributed by atoms with E-state index in [4.69, 9.17) is 34.3 Å². The second-order valence-corrected chi connectivity index (χ2v) is 15.6. The summed E-state index contributed by atoms with van der Waals surface area (Å²) in [5.74, 6) is 3.89. The van der Waals surface area contributed by atoms with Gasteiger partial charge in [-0.05, 0) is 73.4 Å². The molecular formula is C56H42N6O. The molecule has 7 nitrogen and oxygen atoms in total. The van der Waals surface area contributed by atoms with Gasteiger partial charge in [-0.2, -0.15) is 0 Å². The normalized spacial score (nSPS) is 11.8. The minimum atomic E-state index is 0.520. The molecular weight excluding hydrogens is 773 g/mol. The van der Waals surface area contributed by atoms with Crippen LogP contribution >= 0.6 is 0 Å². The van der Waals surface area contributed by atoms with Gasteiger partial charge in [0.05, 0.1) is 0 Å². The second-order valence-electron chi connectivity index (χ2n) is 15.6. The van der Waals surface area contributed by atoms with Gasteiger partial charge in [-0.15, -0.1) is 0 Å². The molecule has 0 aliphatic rings. The van der Waals surface area contributed by atoms with Crippen molar-refractivity contribution in [1.82, 2.24) is 29.9 Å². The number of fused-ring (bicyclic) bond motifs is 3. The summed E-state index contributed by atoms with van der Waals surface area (Å²) in [5, 5.41) is 2.08. The molecule has 0 saturated heterocycles. The van der Waals surface area contributed by atoms with Crippen LogP contribution in [0.1, 0.15) is 29.4 Å². The first kappa shape index (κ1) is 39.0. The fourth-order valence-electron chi connectivity index (χ4n) is 7.75. The number of aromatic nitrogens is 6. The maximum absolute atomic E-state index is 6.40. The topological polar surface area (TPSA) is 90.5 Å². The monoisotopic (exact) mass is 814 g/mol. The molecule has 0 N–H and O–H groups in total. The Kier molecular flexibility index (Phi) is 10.6. The lowest BCUT2D eigenvalue weighted by atomic mass is 9.98. The van der Waals surface area contributed by atoms with Crippen molar-refractivity contribution in [3.05, 3.63) is 211 Å². The van der Waals surface area contributed by atoms with Crippen LogP contribution < -0.4 is 0 Å². The summed E-state index contributed by atoms with van der Waals surface area (Å²) in [4.78, 5) is 29.7. The average Bonchev–Trinajstić information content (AvgIpc) is 3.71. The zero-order chi connectivity index (χ0) is 42.7. The van der Waals surface area contributed by atoms with Crippen molar-refractivity contribution in [2.24, 2.45) is 0 Å². The molecule has 0 amide bonds. The third-order valence-corrected chi connectivity index (χ3v) is 11.1. The number of allylic oxidation sites excluding steroid dienone is 4. The summed E-state index contributed by atoms with van der Waals surface area (Å²) in [6, 6.07) is 57.9. The quantitative estimate of drug-likeness (QED) is 0.127. The largest absolute Gasteiger partial charge is 0.456 e. The van der Waals surface area contributed by atoms with Gasteiger partial charge in [0.1, 0.15) is 17.0 Å². The SMILES string of the molecule is C/C=C\C(=C/Cc1nc(-c2ccccc2)nc(-c2ccc(C)cc2)n1)c1ccc2oc3ccc(-c4cccc(-c5nc(-c6ccccc6)nc(-c6ccc(C)cc6)n5)c4)cc3c2c1. The fourth-order valence-corrected chi connectivity index (χ4v) is 7.75. The minimum absolute atomic E-state index is 0.520. The molecule has 0 unspecified atom stereocenters. The van der Waals surface area contributed by atoms with Gasteiger partial charge in [0.2, 0.25) is 0 Å². The molecule has 302 valence electrons. The molecule has 63 heavy (non-hydrogen) atoms. The van der Waals surface area contributed by atoms with E-state index in [1.54, 1.807) is 0 Å². The van der Waals surface area contributed by atoms with Gasteiger partial charge >= 0.3 is 0 Å². The zero-order valence-electron chi connectivity index (χ0n) is 35.2. The molecule has 7 heteroatoms. The van der Waals surface area contributed by atoms with Crippen molar-refractivity contribution in [2.75, 3.05) is 0 Å². The molecule has 7 aromatic carbocycles. The first-order valence-corrected chi connectivity index (χ1v) is 21.1. The Labute approximate surface area is 366 Å². The number of hydrogen-bond acceptors (Lipinski definition) is 7. The van der Waals surface area contributed by atoms with Crippen molar-refractivity contribution in [2.45, 2.75) is 27.2 Å². The van der Waals surface area contributed by atoms with Gasteiger partial charge in [-0.1, -0.05) is 169 Å². The summed E-state index contributed by atoms with van der Waals surface area (Å²) >= 11 is 0. The zero-order valence-corrected chi connectivity index (χ0v) is 35.2. The molecule has 0 radical (unpaired) electrons. The predicted molar refractivity (Wildman–Crippen MR) is 256 cm³/mol. The highest BCUT2D eigenvalue weighted by molar-refractivity contribution is 6.07. The summed E-state index contributed by atoms with van der Waals surface area (Å²) < 4.78 is 6.40. The van der Waals surface area contributed by atoms with E-state index in [1.165, 1.54) is 11.1 Å². The van der Waals surface area contributed by atoms with Crippen LogP contribution in [-0.2, 0) is 6.42 Å². The van der Waals surface area contributed by atoms with Crippen LogP contribution in [0.2, 0.25) is 0 Å². The van der Waals surface area contributed by atoms with Crippen LogP contribution in [0.25, 0.3) is 95.6 Å². The van der Waals surface area contributed by atoms with Gasteiger partial charge < -0.3 is 4.42 Å². The maximum atomic E-state index is 6.40. The predicted octanol–water partition coefficient (Wildman–Crippen LogP) is 13.8. The number of rotatable bonds is 10. The highest BCUT2D eigenvalue weighted by atomic mass is 16.3. The van der Waals surface area contributed by atoms with E-state index < -0.39 is 0 Å². The van der Waals surface area contributed by atoms with Gasteiger partial charge in [-0.3, -0.25) is 0 Å². The van der Waals surface area contributed by atoms with E-state index in [0.717, 1.165) is 72.0 Å². The van der Waals surface area contributed by atoms with Crippen molar-refractivity contribution >= 4 is 27.5 Å². The van der Waals surface area contributed by atoms with Crippen molar-refractivity contribution in [3.8, 4) is 68.1 Å². The highest BCUT2D eigenvalue weighted by Gasteiger charge is 2.16. The standard InChI is InChI=1S/C56H42N6O/c1-4-12-38(29-32-51-57-52(39-13-7-5-8-14-39)59-53(58-51)41-23-19-36(2)20-24-41)44-27-30-49-47(34-44)48-35-45(28-31-50(48)63-49)43-17-11-18-46(33-43)56-61-54(40-15-9-6-10-16-40)60-55(62-56)42-25-21-37(3)22-26-42/h4-31,33-35H,32H2,1-3H3/b12-4-,38-29+.